The lowest BCUT2D eigenvalue weighted by atomic mass is 9.70. The molecule has 1 heterocycles. The van der Waals surface area contributed by atoms with Crippen molar-refractivity contribution < 1.29 is 0 Å². The molecule has 1 spiro atoms. The van der Waals surface area contributed by atoms with Crippen LogP contribution in [0.4, 0.5) is 17.1 Å². The Bertz CT molecular complexity index is 3740. The topological polar surface area (TPSA) is 3.24 Å². The summed E-state index contributed by atoms with van der Waals surface area (Å²) in [6.45, 7) is 4.74. The molecule has 0 saturated carbocycles. The molecule has 310 valence electrons. The second-order valence-corrected chi connectivity index (χ2v) is 19.8. The number of thiophene rings is 1. The van der Waals surface area contributed by atoms with Crippen LogP contribution in [0, 0.1) is 0 Å². The molecule has 1 nitrogen and oxygen atoms in total. The van der Waals surface area contributed by atoms with Crippen LogP contribution in [0.25, 0.3) is 75.8 Å². The fourth-order valence-corrected chi connectivity index (χ4v) is 13.4. The van der Waals surface area contributed by atoms with Crippen molar-refractivity contribution in [3.8, 4) is 55.6 Å². The van der Waals surface area contributed by atoms with Gasteiger partial charge in [0.25, 0.3) is 0 Å². The van der Waals surface area contributed by atoms with E-state index in [0.717, 1.165) is 17.1 Å². The predicted octanol–water partition coefficient (Wildman–Crippen LogP) is 17.5. The van der Waals surface area contributed by atoms with Crippen LogP contribution in [0.5, 0.6) is 0 Å². The smallest absolute Gasteiger partial charge is 0.0726 e. The third-order valence-electron chi connectivity index (χ3n) is 15.1. The minimum Gasteiger partial charge on any atom is -0.310 e. The van der Waals surface area contributed by atoms with Crippen molar-refractivity contribution in [1.82, 2.24) is 0 Å². The molecule has 2 heteroatoms. The van der Waals surface area contributed by atoms with Crippen LogP contribution in [0.2, 0.25) is 0 Å². The Labute approximate surface area is 389 Å². The fourth-order valence-electron chi connectivity index (χ4n) is 12.2. The summed E-state index contributed by atoms with van der Waals surface area (Å²) < 4.78 is 2.59. The average molecular weight is 858 g/mol. The van der Waals surface area contributed by atoms with E-state index < -0.39 is 5.41 Å². The van der Waals surface area contributed by atoms with Gasteiger partial charge in [0.1, 0.15) is 0 Å². The normalized spacial score (nSPS) is 14.2. The van der Waals surface area contributed by atoms with E-state index in [9.17, 15) is 0 Å². The van der Waals surface area contributed by atoms with Crippen LogP contribution >= 0.6 is 11.3 Å². The first kappa shape index (κ1) is 37.6. The van der Waals surface area contributed by atoms with Crippen LogP contribution in [0.3, 0.4) is 0 Å². The Balaban J connectivity index is 1.02. The predicted molar refractivity (Wildman–Crippen MR) is 279 cm³/mol. The minimum absolute atomic E-state index is 0.120. The quantitative estimate of drug-likeness (QED) is 0.167. The summed E-state index contributed by atoms with van der Waals surface area (Å²) in [4.78, 5) is 2.47. The Morgan fingerprint density at radius 2 is 0.818 bits per heavy atom. The number of hydrogen-bond donors (Lipinski definition) is 0. The van der Waals surface area contributed by atoms with Gasteiger partial charge in [0.2, 0.25) is 0 Å². The third-order valence-corrected chi connectivity index (χ3v) is 16.2. The first-order valence-corrected chi connectivity index (χ1v) is 23.9. The lowest BCUT2D eigenvalue weighted by Gasteiger charge is -2.30. The van der Waals surface area contributed by atoms with Crippen LogP contribution in [0.15, 0.2) is 224 Å². The highest BCUT2D eigenvalue weighted by molar-refractivity contribution is 7.26. The largest absolute Gasteiger partial charge is 0.310 e. The van der Waals surface area contributed by atoms with Gasteiger partial charge in [0, 0.05) is 42.6 Å². The number of hydrogen-bond acceptors (Lipinski definition) is 2. The second kappa shape index (κ2) is 13.9. The molecule has 66 heavy (non-hydrogen) atoms. The van der Waals surface area contributed by atoms with E-state index >= 15 is 0 Å². The van der Waals surface area contributed by atoms with Gasteiger partial charge in [-0.25, -0.2) is 0 Å². The van der Waals surface area contributed by atoms with Crippen LogP contribution in [-0.2, 0) is 10.8 Å². The van der Waals surface area contributed by atoms with E-state index in [1.807, 2.05) is 11.3 Å². The summed E-state index contributed by atoms with van der Waals surface area (Å²) in [7, 11) is 0. The molecule has 1 aromatic heterocycles. The molecule has 0 amide bonds. The zero-order chi connectivity index (χ0) is 43.7. The number of anilines is 3. The van der Waals surface area contributed by atoms with Gasteiger partial charge in [0.05, 0.1) is 5.41 Å². The molecule has 0 atom stereocenters. The molecule has 0 saturated heterocycles. The van der Waals surface area contributed by atoms with Gasteiger partial charge in [-0.1, -0.05) is 196 Å². The molecule has 3 aliphatic carbocycles. The maximum atomic E-state index is 2.57. The van der Waals surface area contributed by atoms with Crippen molar-refractivity contribution in [2.75, 3.05) is 4.90 Å². The van der Waals surface area contributed by atoms with Gasteiger partial charge in [-0.05, 0) is 131 Å². The first-order valence-electron chi connectivity index (χ1n) is 23.1. The maximum absolute atomic E-state index is 2.57. The molecule has 0 fully saturated rings. The molecular formula is C64H43NS. The van der Waals surface area contributed by atoms with Gasteiger partial charge < -0.3 is 4.90 Å². The highest BCUT2D eigenvalue weighted by Crippen LogP contribution is 2.65. The van der Waals surface area contributed by atoms with Crippen molar-refractivity contribution in [3.05, 3.63) is 258 Å². The molecule has 0 bridgehead atoms. The van der Waals surface area contributed by atoms with Gasteiger partial charge in [-0.15, -0.1) is 11.3 Å². The standard InChI is InChI=1S/C64H43NS/c1-63(2)52-25-13-9-21-46(52)49-35-33-44(37-56(49)63)65(43-31-29-41(30-32-43)40-17-5-3-6-18-40)45-34-36-51-58(38-45)66-59-39-57-61(60(62(51)59)42-19-7-4-8-20-42)50-24-12-16-28-55(50)64(57)53-26-14-10-22-47(53)48-23-11-15-27-54(48)64/h3-39H,1-2H3. The Kier molecular flexibility index (Phi) is 7.89. The van der Waals surface area contributed by atoms with Crippen molar-refractivity contribution >= 4 is 48.6 Å². The summed E-state index contributed by atoms with van der Waals surface area (Å²) >= 11 is 1.93. The van der Waals surface area contributed by atoms with Crippen LogP contribution in [0.1, 0.15) is 47.2 Å². The summed E-state index contributed by atoms with van der Waals surface area (Å²) in [5.74, 6) is 0. The maximum Gasteiger partial charge on any atom is 0.0726 e. The lowest BCUT2D eigenvalue weighted by molar-refractivity contribution is 0.660. The third kappa shape index (κ3) is 5.05. The molecule has 10 aromatic carbocycles. The summed E-state index contributed by atoms with van der Waals surface area (Å²) in [6.07, 6.45) is 0. The molecule has 0 aliphatic heterocycles. The van der Waals surface area contributed by atoms with Crippen molar-refractivity contribution in [1.29, 1.82) is 0 Å². The summed E-state index contributed by atoms with van der Waals surface area (Å²) in [5.41, 5.74) is 24.1. The van der Waals surface area contributed by atoms with Crippen molar-refractivity contribution in [2.45, 2.75) is 24.7 Å². The molecule has 0 unspecified atom stereocenters. The number of rotatable bonds is 5. The Morgan fingerprint density at radius 1 is 0.333 bits per heavy atom. The lowest BCUT2D eigenvalue weighted by Crippen LogP contribution is -2.25. The highest BCUT2D eigenvalue weighted by atomic mass is 32.1. The molecule has 0 radical (unpaired) electrons. The van der Waals surface area contributed by atoms with Gasteiger partial charge in [-0.2, -0.15) is 0 Å². The minimum atomic E-state index is -0.429. The SMILES string of the molecule is CC1(C)c2ccccc2-c2ccc(N(c3ccc(-c4ccccc4)cc3)c3ccc4c(c3)sc3cc5c(c(-c6ccccc6)c34)-c3ccccc3C53c4ccccc4-c4ccccc43)cc21. The average Bonchev–Trinajstić information content (AvgIpc) is 4.06. The van der Waals surface area contributed by atoms with Crippen LogP contribution in [-0.4, -0.2) is 0 Å². The summed E-state index contributed by atoms with van der Waals surface area (Å²) in [6, 6.07) is 84.2. The van der Waals surface area contributed by atoms with E-state index in [-0.39, 0.29) is 5.41 Å². The van der Waals surface area contributed by atoms with E-state index in [1.54, 1.807) is 0 Å². The highest BCUT2D eigenvalue weighted by Gasteiger charge is 2.52. The second-order valence-electron chi connectivity index (χ2n) is 18.7. The van der Waals surface area contributed by atoms with E-state index in [2.05, 4.69) is 243 Å². The fraction of sp³-hybridized carbons (Fsp3) is 0.0625. The van der Waals surface area contributed by atoms with E-state index in [4.69, 9.17) is 0 Å². The Hall–Kier alpha value is -7.78. The summed E-state index contributed by atoms with van der Waals surface area (Å²) in [5, 5.41) is 2.62. The number of benzene rings is 10. The van der Waals surface area contributed by atoms with E-state index in [0.29, 0.717) is 0 Å². The molecular weight excluding hydrogens is 815 g/mol. The zero-order valence-corrected chi connectivity index (χ0v) is 37.5. The number of fused-ring (bicyclic) bond motifs is 16. The van der Waals surface area contributed by atoms with Gasteiger partial charge >= 0.3 is 0 Å². The van der Waals surface area contributed by atoms with Gasteiger partial charge in [-0.3, -0.25) is 0 Å². The zero-order valence-electron chi connectivity index (χ0n) is 36.7. The monoisotopic (exact) mass is 857 g/mol. The first-order chi connectivity index (χ1) is 32.5. The molecule has 0 N–H and O–H groups in total. The van der Waals surface area contributed by atoms with E-state index in [1.165, 1.54) is 109 Å². The van der Waals surface area contributed by atoms with Gasteiger partial charge in [0.15, 0.2) is 0 Å². The van der Waals surface area contributed by atoms with Crippen molar-refractivity contribution in [3.63, 3.8) is 0 Å². The van der Waals surface area contributed by atoms with Crippen LogP contribution < -0.4 is 4.90 Å². The van der Waals surface area contributed by atoms with Crippen molar-refractivity contribution in [2.24, 2.45) is 0 Å². The number of nitrogens with zero attached hydrogens (tertiary/aromatic N) is 1. The molecule has 14 rings (SSSR count). The molecule has 3 aliphatic rings. The molecule has 11 aromatic rings. The Morgan fingerprint density at radius 3 is 1.48 bits per heavy atom.